The Morgan fingerprint density at radius 1 is 1.24 bits per heavy atom. The number of hydrogen-bond donors (Lipinski definition) is 2. The monoisotopic (exact) mass is 348 g/mol. The molecule has 0 aromatic carbocycles. The van der Waals surface area contributed by atoms with Crippen LogP contribution in [0.3, 0.4) is 0 Å². The minimum Gasteiger partial charge on any atom is -0.466 e. The Morgan fingerprint density at radius 2 is 1.92 bits per heavy atom. The summed E-state index contributed by atoms with van der Waals surface area (Å²) in [6.07, 6.45) is 7.09. The van der Waals surface area contributed by atoms with Gasteiger partial charge in [0.1, 0.15) is 11.4 Å². The fourth-order valence-electron chi connectivity index (χ4n) is 3.97. The largest absolute Gasteiger partial charge is 0.466 e. The zero-order valence-electron chi connectivity index (χ0n) is 14.9. The summed E-state index contributed by atoms with van der Waals surface area (Å²) in [6, 6.07) is 3.39. The van der Waals surface area contributed by atoms with Crippen molar-refractivity contribution in [2.24, 2.45) is 11.8 Å². The first-order chi connectivity index (χ1) is 12.0. The van der Waals surface area contributed by atoms with E-state index in [4.69, 9.17) is 4.42 Å². The highest BCUT2D eigenvalue weighted by molar-refractivity contribution is 5.88. The maximum atomic E-state index is 12.8. The molecule has 2 N–H and O–H groups in total. The topological polar surface area (TPSA) is 82.8 Å². The molecule has 1 saturated heterocycles. The molecule has 1 aliphatic heterocycles. The average Bonchev–Trinajstić information content (AvgIpc) is 3.32. The average molecular weight is 348 g/mol. The minimum absolute atomic E-state index is 0.0699. The van der Waals surface area contributed by atoms with Crippen LogP contribution in [-0.4, -0.2) is 41.5 Å². The summed E-state index contributed by atoms with van der Waals surface area (Å²) in [5, 5.41) is 13.3. The fourth-order valence-corrected chi connectivity index (χ4v) is 3.97. The summed E-state index contributed by atoms with van der Waals surface area (Å²) in [7, 11) is 0. The van der Waals surface area contributed by atoms with Crippen LogP contribution in [-0.2, 0) is 15.2 Å². The van der Waals surface area contributed by atoms with E-state index in [-0.39, 0.29) is 30.2 Å². The van der Waals surface area contributed by atoms with Gasteiger partial charge in [-0.25, -0.2) is 0 Å². The van der Waals surface area contributed by atoms with Crippen LogP contribution in [0, 0.1) is 11.8 Å². The first kappa shape index (κ1) is 18.0. The zero-order chi connectivity index (χ0) is 17.9. The van der Waals surface area contributed by atoms with Gasteiger partial charge in [0.25, 0.3) is 0 Å². The lowest BCUT2D eigenvalue weighted by atomic mass is 9.77. The maximum absolute atomic E-state index is 12.8. The molecular formula is C19H28N2O4. The zero-order valence-corrected chi connectivity index (χ0v) is 14.9. The molecule has 3 atom stereocenters. The van der Waals surface area contributed by atoms with Crippen LogP contribution >= 0.6 is 0 Å². The van der Waals surface area contributed by atoms with Gasteiger partial charge in [0, 0.05) is 24.9 Å². The molecule has 0 radical (unpaired) electrons. The number of carbonyl (C=O) groups is 2. The van der Waals surface area contributed by atoms with Crippen molar-refractivity contribution < 1.29 is 19.1 Å². The van der Waals surface area contributed by atoms with Crippen molar-refractivity contribution in [3.05, 3.63) is 24.2 Å². The highest BCUT2D eigenvalue weighted by Crippen LogP contribution is 2.33. The van der Waals surface area contributed by atoms with E-state index >= 15 is 0 Å². The lowest BCUT2D eigenvalue weighted by Crippen LogP contribution is -2.47. The van der Waals surface area contributed by atoms with Crippen molar-refractivity contribution in [2.75, 3.05) is 19.6 Å². The standard InChI is InChI=1S/C19H28N2O4/c1-19(24,16-9-6-12-25-16)13-20-17(22)14-7-2-3-8-15(14)18(23)21-10-4-5-11-21/h6,9,12,14-15,24H,2-5,7-8,10-11,13H2,1H3,(H,20,22). The van der Waals surface area contributed by atoms with Gasteiger partial charge in [-0.15, -0.1) is 0 Å². The predicted molar refractivity (Wildman–Crippen MR) is 92.6 cm³/mol. The molecule has 1 saturated carbocycles. The number of furan rings is 1. The van der Waals surface area contributed by atoms with E-state index in [0.29, 0.717) is 5.76 Å². The van der Waals surface area contributed by atoms with Gasteiger partial charge in [-0.2, -0.15) is 0 Å². The van der Waals surface area contributed by atoms with Crippen LogP contribution in [0.4, 0.5) is 0 Å². The third kappa shape index (κ3) is 4.06. The Morgan fingerprint density at radius 3 is 2.56 bits per heavy atom. The number of nitrogens with zero attached hydrogens (tertiary/aromatic N) is 1. The van der Waals surface area contributed by atoms with Crippen LogP contribution in [0.2, 0.25) is 0 Å². The van der Waals surface area contributed by atoms with E-state index in [1.165, 1.54) is 6.26 Å². The van der Waals surface area contributed by atoms with Crippen LogP contribution in [0.15, 0.2) is 22.8 Å². The Hall–Kier alpha value is -1.82. The van der Waals surface area contributed by atoms with Crippen LogP contribution in [0.25, 0.3) is 0 Å². The first-order valence-corrected chi connectivity index (χ1v) is 9.32. The second kappa shape index (κ2) is 7.60. The molecule has 0 spiro atoms. The Labute approximate surface area is 148 Å². The number of likely N-dealkylation sites (tertiary alicyclic amines) is 1. The Balaban J connectivity index is 1.61. The second-order valence-corrected chi connectivity index (χ2v) is 7.50. The maximum Gasteiger partial charge on any atom is 0.226 e. The number of aliphatic hydroxyl groups is 1. The summed E-state index contributed by atoms with van der Waals surface area (Å²) in [5.74, 6) is -0.102. The molecule has 138 valence electrons. The summed E-state index contributed by atoms with van der Waals surface area (Å²) in [5.41, 5.74) is -1.26. The molecule has 6 heteroatoms. The number of nitrogens with one attached hydrogen (secondary N) is 1. The Bertz CT molecular complexity index is 591. The summed E-state index contributed by atoms with van der Waals surface area (Å²) >= 11 is 0. The van der Waals surface area contributed by atoms with Crippen molar-refractivity contribution in [1.29, 1.82) is 0 Å². The van der Waals surface area contributed by atoms with E-state index in [2.05, 4.69) is 5.32 Å². The first-order valence-electron chi connectivity index (χ1n) is 9.32. The van der Waals surface area contributed by atoms with E-state index in [1.807, 2.05) is 4.90 Å². The molecule has 2 fully saturated rings. The number of hydrogen-bond acceptors (Lipinski definition) is 4. The third-order valence-corrected chi connectivity index (χ3v) is 5.50. The molecule has 2 aliphatic rings. The van der Waals surface area contributed by atoms with Crippen molar-refractivity contribution in [2.45, 2.75) is 51.0 Å². The van der Waals surface area contributed by atoms with Crippen molar-refractivity contribution in [3.8, 4) is 0 Å². The Kier molecular flexibility index (Phi) is 5.47. The third-order valence-electron chi connectivity index (χ3n) is 5.50. The molecule has 2 heterocycles. The van der Waals surface area contributed by atoms with Gasteiger partial charge in [0.2, 0.25) is 11.8 Å². The van der Waals surface area contributed by atoms with Crippen molar-refractivity contribution in [1.82, 2.24) is 10.2 Å². The second-order valence-electron chi connectivity index (χ2n) is 7.50. The van der Waals surface area contributed by atoms with Gasteiger partial charge < -0.3 is 19.7 Å². The van der Waals surface area contributed by atoms with Gasteiger partial charge in [-0.05, 0) is 44.7 Å². The summed E-state index contributed by atoms with van der Waals surface area (Å²) < 4.78 is 5.24. The minimum atomic E-state index is -1.26. The van der Waals surface area contributed by atoms with Gasteiger partial charge in [0.05, 0.1) is 12.8 Å². The van der Waals surface area contributed by atoms with Crippen LogP contribution < -0.4 is 5.32 Å². The molecule has 1 aromatic heterocycles. The van der Waals surface area contributed by atoms with Crippen LogP contribution in [0.5, 0.6) is 0 Å². The van der Waals surface area contributed by atoms with E-state index in [1.54, 1.807) is 19.1 Å². The van der Waals surface area contributed by atoms with E-state index < -0.39 is 5.60 Å². The lowest BCUT2D eigenvalue weighted by molar-refractivity contribution is -0.143. The van der Waals surface area contributed by atoms with E-state index in [0.717, 1.165) is 51.6 Å². The normalized spacial score (nSPS) is 26.2. The highest BCUT2D eigenvalue weighted by atomic mass is 16.4. The van der Waals surface area contributed by atoms with Crippen LogP contribution in [0.1, 0.15) is 51.2 Å². The summed E-state index contributed by atoms with van der Waals surface area (Å²) in [6.45, 7) is 3.31. The van der Waals surface area contributed by atoms with E-state index in [9.17, 15) is 14.7 Å². The molecule has 1 aliphatic carbocycles. The molecule has 3 unspecified atom stereocenters. The van der Waals surface area contributed by atoms with Crippen molar-refractivity contribution in [3.63, 3.8) is 0 Å². The number of amides is 2. The SMILES string of the molecule is CC(O)(CNC(=O)C1CCCCC1C(=O)N1CCCC1)c1ccco1. The molecule has 2 amide bonds. The quantitative estimate of drug-likeness (QED) is 0.853. The fraction of sp³-hybridized carbons (Fsp3) is 0.684. The number of carbonyl (C=O) groups excluding carboxylic acids is 2. The molecule has 0 bridgehead atoms. The molecule has 1 aromatic rings. The summed E-state index contributed by atoms with van der Waals surface area (Å²) in [4.78, 5) is 27.4. The molecule has 3 rings (SSSR count). The van der Waals surface area contributed by atoms with Gasteiger partial charge in [-0.3, -0.25) is 9.59 Å². The highest BCUT2D eigenvalue weighted by Gasteiger charge is 2.39. The predicted octanol–water partition coefficient (Wildman–Crippen LogP) is 2.03. The number of rotatable bonds is 5. The van der Waals surface area contributed by atoms with Gasteiger partial charge in [0.15, 0.2) is 0 Å². The van der Waals surface area contributed by atoms with Crippen molar-refractivity contribution >= 4 is 11.8 Å². The molecule has 6 nitrogen and oxygen atoms in total. The molecular weight excluding hydrogens is 320 g/mol. The smallest absolute Gasteiger partial charge is 0.226 e. The molecule has 25 heavy (non-hydrogen) atoms. The van der Waals surface area contributed by atoms with Gasteiger partial charge >= 0.3 is 0 Å². The van der Waals surface area contributed by atoms with Gasteiger partial charge in [-0.1, -0.05) is 12.8 Å². The lowest BCUT2D eigenvalue weighted by Gasteiger charge is -2.33.